The summed E-state index contributed by atoms with van der Waals surface area (Å²) in [6.07, 6.45) is 18.4. The van der Waals surface area contributed by atoms with Gasteiger partial charge in [-0.2, -0.15) is 0 Å². The monoisotopic (exact) mass is 318 g/mol. The second-order valence-electron chi connectivity index (χ2n) is 6.33. The van der Waals surface area contributed by atoms with Crippen LogP contribution in [0, 0.1) is 0 Å². The number of aliphatic hydroxyl groups is 1. The van der Waals surface area contributed by atoms with Gasteiger partial charge in [0.25, 0.3) is 0 Å². The van der Waals surface area contributed by atoms with E-state index in [1.807, 2.05) is 0 Å². The predicted octanol–water partition coefficient (Wildman–Crippen LogP) is 5.82. The molecule has 0 rings (SSSR count). The van der Waals surface area contributed by atoms with Crippen molar-refractivity contribution in [2.75, 3.05) is 26.5 Å². The fourth-order valence-corrected chi connectivity index (χ4v) is 2.69. The number of alkyl halides is 1. The smallest absolute Gasteiger partial charge is 0.0894 e. The van der Waals surface area contributed by atoms with Gasteiger partial charge in [-0.1, -0.05) is 77.0 Å². The van der Waals surface area contributed by atoms with Crippen LogP contribution in [0.3, 0.4) is 0 Å². The molecule has 0 atom stereocenters. The highest BCUT2D eigenvalue weighted by atomic mass is 19.1. The van der Waals surface area contributed by atoms with Crippen LogP contribution >= 0.6 is 0 Å². The number of aliphatic hydroxyl groups excluding tert-OH is 1. The van der Waals surface area contributed by atoms with Gasteiger partial charge in [0.1, 0.15) is 0 Å². The van der Waals surface area contributed by atoms with Crippen molar-refractivity contribution in [3.8, 4) is 0 Å². The van der Waals surface area contributed by atoms with Crippen LogP contribution in [0.5, 0.6) is 0 Å². The third-order valence-electron chi connectivity index (χ3n) is 4.12. The van der Waals surface area contributed by atoms with Gasteiger partial charge >= 0.3 is 0 Å². The van der Waals surface area contributed by atoms with Crippen molar-refractivity contribution in [3.63, 3.8) is 0 Å². The predicted molar refractivity (Wildman–Crippen MR) is 93.1 cm³/mol. The summed E-state index contributed by atoms with van der Waals surface area (Å²) in [6.45, 7) is 1.65. The van der Waals surface area contributed by atoms with Gasteiger partial charge in [-0.05, 0) is 19.3 Å². The molecule has 0 aliphatic rings. The van der Waals surface area contributed by atoms with Crippen LogP contribution in [0.4, 0.5) is 4.39 Å². The Labute approximate surface area is 137 Å². The molecule has 1 N–H and O–H groups in total. The second-order valence-corrected chi connectivity index (χ2v) is 6.33. The molecule has 134 valence electrons. The summed E-state index contributed by atoms with van der Waals surface area (Å²) in [5.41, 5.74) is 0. The minimum atomic E-state index is -0.142. The van der Waals surface area contributed by atoms with E-state index in [1.54, 1.807) is 0 Å². The Morgan fingerprint density at radius 1 is 0.500 bits per heavy atom. The maximum absolute atomic E-state index is 11.9. The first-order chi connectivity index (χ1) is 10.9. The second kappa shape index (κ2) is 20.9. The van der Waals surface area contributed by atoms with Gasteiger partial charge in [0.05, 0.1) is 6.67 Å². The van der Waals surface area contributed by atoms with Crippen molar-refractivity contribution in [3.05, 3.63) is 0 Å². The number of hydrogen-bond donors (Lipinski definition) is 1. The van der Waals surface area contributed by atoms with E-state index in [9.17, 15) is 4.39 Å². The molecular weight excluding hydrogens is 279 g/mol. The van der Waals surface area contributed by atoms with E-state index in [-0.39, 0.29) is 13.3 Å². The van der Waals surface area contributed by atoms with Gasteiger partial charge < -0.3 is 9.84 Å². The van der Waals surface area contributed by atoms with Crippen molar-refractivity contribution in [1.82, 2.24) is 0 Å². The normalized spacial score (nSPS) is 11.2. The quantitative estimate of drug-likeness (QED) is 0.304. The molecule has 0 heterocycles. The van der Waals surface area contributed by atoms with Gasteiger partial charge in [-0.3, -0.25) is 4.39 Å². The molecule has 0 aliphatic heterocycles. The molecule has 0 unspecified atom stereocenters. The molecule has 0 spiro atoms. The lowest BCUT2D eigenvalue weighted by molar-refractivity contribution is 0.112. The fourth-order valence-electron chi connectivity index (χ4n) is 2.69. The SMILES string of the molecule is OCCCOCCCCCCCCCCCCCCCCF. The average molecular weight is 319 g/mol. The summed E-state index contributed by atoms with van der Waals surface area (Å²) < 4.78 is 17.3. The van der Waals surface area contributed by atoms with Crippen LogP contribution in [0.2, 0.25) is 0 Å². The summed E-state index contributed by atoms with van der Waals surface area (Å²) in [4.78, 5) is 0. The maximum atomic E-state index is 11.9. The van der Waals surface area contributed by atoms with Crippen LogP contribution in [0.25, 0.3) is 0 Å². The van der Waals surface area contributed by atoms with Crippen molar-refractivity contribution >= 4 is 0 Å². The van der Waals surface area contributed by atoms with Crippen molar-refractivity contribution in [1.29, 1.82) is 0 Å². The van der Waals surface area contributed by atoms with Crippen LogP contribution < -0.4 is 0 Å². The summed E-state index contributed by atoms with van der Waals surface area (Å²) in [5.74, 6) is 0. The molecule has 0 bridgehead atoms. The van der Waals surface area contributed by atoms with E-state index < -0.39 is 0 Å². The number of rotatable bonds is 19. The molecule has 0 radical (unpaired) electrons. The minimum Gasteiger partial charge on any atom is -0.396 e. The van der Waals surface area contributed by atoms with Gasteiger partial charge in [-0.25, -0.2) is 0 Å². The minimum absolute atomic E-state index is 0.142. The Morgan fingerprint density at radius 3 is 1.27 bits per heavy atom. The highest BCUT2D eigenvalue weighted by Gasteiger charge is 1.95. The first kappa shape index (κ1) is 21.9. The fraction of sp³-hybridized carbons (Fsp3) is 1.00. The summed E-state index contributed by atoms with van der Waals surface area (Å²) in [6, 6.07) is 0. The summed E-state index contributed by atoms with van der Waals surface area (Å²) >= 11 is 0. The van der Waals surface area contributed by atoms with Gasteiger partial charge in [0, 0.05) is 19.8 Å². The molecule has 0 fully saturated rings. The highest BCUT2D eigenvalue weighted by Crippen LogP contribution is 2.13. The third kappa shape index (κ3) is 19.9. The number of halogens is 1. The largest absolute Gasteiger partial charge is 0.396 e. The highest BCUT2D eigenvalue weighted by molar-refractivity contribution is 4.49. The van der Waals surface area contributed by atoms with E-state index in [0.29, 0.717) is 6.61 Å². The lowest BCUT2D eigenvalue weighted by Crippen LogP contribution is -1.98. The maximum Gasteiger partial charge on any atom is 0.0894 e. The van der Waals surface area contributed by atoms with Gasteiger partial charge in [0.2, 0.25) is 0 Å². The molecule has 0 aromatic heterocycles. The number of unbranched alkanes of at least 4 members (excludes halogenated alkanes) is 13. The number of ether oxygens (including phenoxy) is 1. The molecular formula is C19H39FO2. The third-order valence-corrected chi connectivity index (χ3v) is 4.12. The first-order valence-corrected chi connectivity index (χ1v) is 9.66. The van der Waals surface area contributed by atoms with E-state index >= 15 is 0 Å². The van der Waals surface area contributed by atoms with Crippen molar-refractivity contribution in [2.24, 2.45) is 0 Å². The van der Waals surface area contributed by atoms with E-state index in [1.165, 1.54) is 70.6 Å². The molecule has 3 heteroatoms. The zero-order valence-corrected chi connectivity index (χ0v) is 14.7. The molecule has 0 amide bonds. The molecule has 0 aliphatic carbocycles. The lowest BCUT2D eigenvalue weighted by atomic mass is 10.0. The van der Waals surface area contributed by atoms with E-state index in [0.717, 1.165) is 32.3 Å². The Hall–Kier alpha value is -0.150. The molecule has 0 aromatic carbocycles. The van der Waals surface area contributed by atoms with Gasteiger partial charge in [0.15, 0.2) is 0 Å². The van der Waals surface area contributed by atoms with Crippen LogP contribution in [0.1, 0.15) is 96.3 Å². The number of hydrogen-bond acceptors (Lipinski definition) is 2. The zero-order valence-electron chi connectivity index (χ0n) is 14.7. The summed E-state index contributed by atoms with van der Waals surface area (Å²) in [5, 5.41) is 8.61. The molecule has 2 nitrogen and oxygen atoms in total. The van der Waals surface area contributed by atoms with Crippen molar-refractivity contribution < 1.29 is 14.2 Å². The van der Waals surface area contributed by atoms with E-state index in [4.69, 9.17) is 9.84 Å². The topological polar surface area (TPSA) is 29.5 Å². The average Bonchev–Trinajstić information content (AvgIpc) is 2.54. The molecule has 0 aromatic rings. The van der Waals surface area contributed by atoms with Crippen molar-refractivity contribution in [2.45, 2.75) is 96.3 Å². The lowest BCUT2D eigenvalue weighted by Gasteiger charge is -2.04. The Kier molecular flexibility index (Phi) is 20.7. The molecule has 0 saturated carbocycles. The Balaban J connectivity index is 2.91. The van der Waals surface area contributed by atoms with Crippen LogP contribution in [0.15, 0.2) is 0 Å². The Bertz CT molecular complexity index is 168. The molecule has 0 saturated heterocycles. The van der Waals surface area contributed by atoms with Crippen LogP contribution in [-0.4, -0.2) is 31.6 Å². The Morgan fingerprint density at radius 2 is 0.864 bits per heavy atom. The first-order valence-electron chi connectivity index (χ1n) is 9.66. The van der Waals surface area contributed by atoms with E-state index in [2.05, 4.69) is 0 Å². The standard InChI is InChI=1S/C19H39FO2/c20-16-13-11-9-7-5-3-1-2-4-6-8-10-12-14-18-22-19-15-17-21/h21H,1-19H2. The zero-order chi connectivity index (χ0) is 16.1. The summed E-state index contributed by atoms with van der Waals surface area (Å²) in [7, 11) is 0. The van der Waals surface area contributed by atoms with Gasteiger partial charge in [-0.15, -0.1) is 0 Å². The van der Waals surface area contributed by atoms with Crippen LogP contribution in [-0.2, 0) is 4.74 Å². The molecule has 22 heavy (non-hydrogen) atoms.